The van der Waals surface area contributed by atoms with E-state index in [2.05, 4.69) is 16.0 Å². The molecule has 3 atom stereocenters. The quantitative estimate of drug-likeness (QED) is 0.168. The van der Waals surface area contributed by atoms with Crippen molar-refractivity contribution in [1.82, 2.24) is 20.9 Å². The first-order chi connectivity index (χ1) is 22.3. The van der Waals surface area contributed by atoms with Crippen LogP contribution in [0.5, 0.6) is 0 Å². The normalized spacial score (nSPS) is 12.9. The van der Waals surface area contributed by atoms with E-state index in [0.29, 0.717) is 11.1 Å². The highest BCUT2D eigenvalue weighted by Gasteiger charge is 2.35. The van der Waals surface area contributed by atoms with Crippen LogP contribution in [0.2, 0.25) is 0 Å². The average Bonchev–Trinajstić information content (AvgIpc) is 3.02. The molecule has 6 N–H and O–H groups in total. The van der Waals surface area contributed by atoms with E-state index in [1.165, 1.54) is 4.90 Å². The molecular weight excluding hydrogens is 602 g/mol. The molecule has 12 heteroatoms. The Balaban J connectivity index is 1.83. The highest BCUT2D eigenvalue weighted by Crippen LogP contribution is 2.13. The summed E-state index contributed by atoms with van der Waals surface area (Å²) >= 11 is 0. The van der Waals surface area contributed by atoms with E-state index in [1.54, 1.807) is 78.9 Å². The lowest BCUT2D eigenvalue weighted by Crippen LogP contribution is -2.58. The Hall–Kier alpha value is -5.23. The van der Waals surface area contributed by atoms with Gasteiger partial charge in [0.1, 0.15) is 12.6 Å². The molecule has 0 bridgehead atoms. The molecule has 5 amide bonds. The fourth-order valence-electron chi connectivity index (χ4n) is 4.72. The number of nitrogens with zero attached hydrogens (tertiary/aromatic N) is 1. The van der Waals surface area contributed by atoms with Crippen molar-refractivity contribution >= 4 is 29.7 Å². The van der Waals surface area contributed by atoms with Gasteiger partial charge in [-0.25, -0.2) is 4.79 Å². The van der Waals surface area contributed by atoms with Crippen LogP contribution < -0.4 is 21.7 Å². The minimum atomic E-state index is -1.82. The van der Waals surface area contributed by atoms with Crippen molar-refractivity contribution in [2.75, 3.05) is 6.54 Å². The van der Waals surface area contributed by atoms with Crippen LogP contribution in [0.25, 0.3) is 0 Å². The van der Waals surface area contributed by atoms with Gasteiger partial charge >= 0.3 is 6.09 Å². The monoisotopic (exact) mass is 645 g/mol. The summed E-state index contributed by atoms with van der Waals surface area (Å²) in [7, 11) is 0. The predicted octanol–water partition coefficient (Wildman–Crippen LogP) is 2.19. The Morgan fingerprint density at radius 2 is 1.34 bits per heavy atom. The maximum atomic E-state index is 13.9. The number of nitrogens with two attached hydrogens (primary N) is 1. The summed E-state index contributed by atoms with van der Waals surface area (Å²) in [6.07, 6.45) is -3.34. The molecule has 0 heterocycles. The van der Waals surface area contributed by atoms with Gasteiger partial charge in [0.2, 0.25) is 17.7 Å². The van der Waals surface area contributed by atoms with E-state index in [0.717, 1.165) is 5.56 Å². The topological polar surface area (TPSA) is 180 Å². The van der Waals surface area contributed by atoms with E-state index in [-0.39, 0.29) is 26.1 Å². The number of carbonyl (C=O) groups is 5. The van der Waals surface area contributed by atoms with E-state index in [9.17, 15) is 29.1 Å². The van der Waals surface area contributed by atoms with E-state index in [4.69, 9.17) is 10.5 Å². The van der Waals surface area contributed by atoms with Crippen molar-refractivity contribution in [1.29, 1.82) is 0 Å². The third-order valence-electron chi connectivity index (χ3n) is 6.86. The number of hydrogen-bond acceptors (Lipinski definition) is 7. The second-order valence-electron chi connectivity index (χ2n) is 12.2. The third kappa shape index (κ3) is 13.0. The van der Waals surface area contributed by atoms with Crippen LogP contribution in [0.4, 0.5) is 4.79 Å². The number of aliphatic hydroxyl groups excluding tert-OH is 1. The Labute approximate surface area is 274 Å². The number of alkyl carbamates (subject to hydrolysis) is 1. The first-order valence-electron chi connectivity index (χ1n) is 15.2. The zero-order valence-corrected chi connectivity index (χ0v) is 26.8. The number of hydrogen-bond donors (Lipinski definition) is 5. The lowest BCUT2D eigenvalue weighted by atomic mass is 9.99. The average molecular weight is 646 g/mol. The largest absolute Gasteiger partial charge is 0.445 e. The van der Waals surface area contributed by atoms with Crippen LogP contribution in [-0.2, 0) is 43.5 Å². The summed E-state index contributed by atoms with van der Waals surface area (Å²) in [5, 5.41) is 19.3. The van der Waals surface area contributed by atoms with Crippen LogP contribution in [0.1, 0.15) is 43.9 Å². The molecule has 0 saturated carbocycles. The number of benzene rings is 3. The molecule has 47 heavy (non-hydrogen) atoms. The molecule has 0 aliphatic rings. The summed E-state index contributed by atoms with van der Waals surface area (Å²) in [4.78, 5) is 66.0. The van der Waals surface area contributed by atoms with Crippen molar-refractivity contribution < 1.29 is 33.8 Å². The highest BCUT2D eigenvalue weighted by atomic mass is 16.5. The summed E-state index contributed by atoms with van der Waals surface area (Å²) < 4.78 is 5.21. The standard InChI is InChI=1S/C35H43N5O7/c1-35(2,3)39-30(42)22-40(21-25-15-9-5-10-16-25)33(45)31(43)27(19-24-13-7-4-8-14-24)37-32(44)28(20-29(36)41)38-34(46)47-23-26-17-11-6-12-18-26/h4-18,27-28,31,43H,19-23H2,1-3H3,(H2,36,41)(H,37,44)(H,38,46)(H,39,42)/t27-,28-,31-/m0/s1. The lowest BCUT2D eigenvalue weighted by Gasteiger charge is -2.31. The first kappa shape index (κ1) is 36.2. The van der Waals surface area contributed by atoms with Gasteiger partial charge in [0.05, 0.1) is 19.0 Å². The molecule has 3 aromatic carbocycles. The Morgan fingerprint density at radius 3 is 1.87 bits per heavy atom. The third-order valence-corrected chi connectivity index (χ3v) is 6.86. The molecule has 0 spiro atoms. The van der Waals surface area contributed by atoms with Crippen LogP contribution in [-0.4, -0.2) is 70.0 Å². The smallest absolute Gasteiger partial charge is 0.408 e. The Morgan fingerprint density at radius 1 is 0.809 bits per heavy atom. The maximum Gasteiger partial charge on any atom is 0.408 e. The minimum absolute atomic E-state index is 0.00853. The van der Waals surface area contributed by atoms with Gasteiger partial charge in [-0.05, 0) is 43.9 Å². The number of amides is 5. The van der Waals surface area contributed by atoms with Gasteiger partial charge in [-0.15, -0.1) is 0 Å². The van der Waals surface area contributed by atoms with Gasteiger partial charge in [0, 0.05) is 12.1 Å². The SMILES string of the molecule is CC(C)(C)NC(=O)CN(Cc1ccccc1)C(=O)[C@@H](O)[C@H](Cc1ccccc1)NC(=O)[C@H](CC(N)=O)NC(=O)OCc1ccccc1. The van der Waals surface area contributed by atoms with E-state index >= 15 is 0 Å². The molecule has 0 unspecified atom stereocenters. The van der Waals surface area contributed by atoms with Gasteiger partial charge in [0.15, 0.2) is 6.10 Å². The van der Waals surface area contributed by atoms with Crippen molar-refractivity contribution in [2.24, 2.45) is 5.73 Å². The predicted molar refractivity (Wildman–Crippen MR) is 175 cm³/mol. The molecule has 0 radical (unpaired) electrons. The highest BCUT2D eigenvalue weighted by molar-refractivity contribution is 5.92. The number of aliphatic hydroxyl groups is 1. The minimum Gasteiger partial charge on any atom is -0.445 e. The van der Waals surface area contributed by atoms with Gasteiger partial charge in [-0.3, -0.25) is 19.2 Å². The fourth-order valence-corrected chi connectivity index (χ4v) is 4.72. The van der Waals surface area contributed by atoms with Crippen molar-refractivity contribution in [3.05, 3.63) is 108 Å². The summed E-state index contributed by atoms with van der Waals surface area (Å²) in [5.41, 5.74) is 6.93. The van der Waals surface area contributed by atoms with Crippen LogP contribution in [0.3, 0.4) is 0 Å². The van der Waals surface area contributed by atoms with Gasteiger partial charge < -0.3 is 36.4 Å². The molecule has 0 aliphatic heterocycles. The van der Waals surface area contributed by atoms with Crippen LogP contribution in [0.15, 0.2) is 91.0 Å². The second kappa shape index (κ2) is 17.5. The molecule has 0 saturated heterocycles. The molecule has 0 aromatic heterocycles. The molecule has 0 aliphatic carbocycles. The van der Waals surface area contributed by atoms with Crippen LogP contribution in [0, 0.1) is 0 Å². The summed E-state index contributed by atoms with van der Waals surface area (Å²) in [5.74, 6) is -2.98. The zero-order chi connectivity index (χ0) is 34.4. The van der Waals surface area contributed by atoms with Crippen LogP contribution >= 0.6 is 0 Å². The first-order valence-corrected chi connectivity index (χ1v) is 15.2. The molecule has 3 rings (SSSR count). The lowest BCUT2D eigenvalue weighted by molar-refractivity contribution is -0.146. The van der Waals surface area contributed by atoms with Gasteiger partial charge in [-0.1, -0.05) is 91.0 Å². The maximum absolute atomic E-state index is 13.9. The summed E-state index contributed by atoms with van der Waals surface area (Å²) in [6, 6.07) is 24.0. The van der Waals surface area contributed by atoms with E-state index < -0.39 is 59.9 Å². The van der Waals surface area contributed by atoms with E-state index in [1.807, 2.05) is 32.9 Å². The summed E-state index contributed by atoms with van der Waals surface area (Å²) in [6.45, 7) is 5.00. The number of nitrogens with one attached hydrogen (secondary N) is 3. The zero-order valence-electron chi connectivity index (χ0n) is 26.8. The number of carbonyl (C=O) groups excluding carboxylic acids is 5. The molecule has 250 valence electrons. The second-order valence-corrected chi connectivity index (χ2v) is 12.2. The van der Waals surface area contributed by atoms with Crippen molar-refractivity contribution in [3.63, 3.8) is 0 Å². The fraction of sp³-hybridized carbons (Fsp3) is 0.343. The molecule has 12 nitrogen and oxygen atoms in total. The van der Waals surface area contributed by atoms with Gasteiger partial charge in [-0.2, -0.15) is 0 Å². The Bertz CT molecular complexity index is 1480. The van der Waals surface area contributed by atoms with Crippen molar-refractivity contribution in [3.8, 4) is 0 Å². The Kier molecular flexibility index (Phi) is 13.5. The number of ether oxygens (including phenoxy) is 1. The van der Waals surface area contributed by atoms with Gasteiger partial charge in [0.25, 0.3) is 5.91 Å². The molecule has 0 fully saturated rings. The molecular formula is C35H43N5O7. The number of rotatable bonds is 15. The van der Waals surface area contributed by atoms with Crippen molar-refractivity contribution in [2.45, 2.75) is 70.5 Å². The number of primary amides is 1. The molecule has 3 aromatic rings.